The topological polar surface area (TPSA) is 9.23 Å². The van der Waals surface area contributed by atoms with Gasteiger partial charge in [-0.15, -0.1) is 0 Å². The van der Waals surface area contributed by atoms with E-state index < -0.39 is 0 Å². The summed E-state index contributed by atoms with van der Waals surface area (Å²) < 4.78 is 5.63. The van der Waals surface area contributed by atoms with Crippen LogP contribution in [0.4, 0.5) is 0 Å². The largest absolute Gasteiger partial charge is 0.378 e. The Labute approximate surface area is 121 Å². The van der Waals surface area contributed by atoms with Crippen molar-refractivity contribution in [3.05, 3.63) is 33.8 Å². The second kappa shape index (κ2) is 5.48. The predicted octanol–water partition coefficient (Wildman–Crippen LogP) is 5.39. The molecule has 0 N–H and O–H groups in total. The lowest BCUT2D eigenvalue weighted by Crippen LogP contribution is -2.39. The van der Waals surface area contributed by atoms with E-state index in [1.165, 1.54) is 6.42 Å². The summed E-state index contributed by atoms with van der Waals surface area (Å²) in [5, 5.41) is 1.38. The van der Waals surface area contributed by atoms with Crippen molar-refractivity contribution in [2.24, 2.45) is 0 Å². The molecule has 2 rings (SSSR count). The van der Waals surface area contributed by atoms with Gasteiger partial charge in [0.05, 0.1) is 5.60 Å². The Hall–Kier alpha value is 0.240. The third-order valence-corrected chi connectivity index (χ3v) is 4.93. The standard InChI is InChI=1S/C13H15BrCl2O/c1-17-13(5-2-6-13)8-11(14)10-4-3-9(15)7-12(10)16/h3-4,7,11H,2,5-6,8H2,1H3. The SMILES string of the molecule is COC1(CC(Br)c2ccc(Cl)cc2Cl)CCC1. The monoisotopic (exact) mass is 336 g/mol. The van der Waals surface area contributed by atoms with Gasteiger partial charge in [0.2, 0.25) is 0 Å². The van der Waals surface area contributed by atoms with Gasteiger partial charge in [-0.25, -0.2) is 0 Å². The summed E-state index contributed by atoms with van der Waals surface area (Å²) in [5.74, 6) is 0. The first-order chi connectivity index (χ1) is 8.06. The Balaban J connectivity index is 2.11. The predicted molar refractivity (Wildman–Crippen MR) is 76.3 cm³/mol. The zero-order valence-corrected chi connectivity index (χ0v) is 12.8. The maximum atomic E-state index is 6.20. The van der Waals surface area contributed by atoms with Crippen molar-refractivity contribution in [2.75, 3.05) is 7.11 Å². The lowest BCUT2D eigenvalue weighted by molar-refractivity contribution is -0.0773. The zero-order chi connectivity index (χ0) is 12.5. The third kappa shape index (κ3) is 2.98. The Morgan fingerprint density at radius 3 is 2.59 bits per heavy atom. The van der Waals surface area contributed by atoms with Crippen LogP contribution in [0.1, 0.15) is 36.1 Å². The first-order valence-corrected chi connectivity index (χ1v) is 7.38. The van der Waals surface area contributed by atoms with E-state index in [9.17, 15) is 0 Å². The molecular weight excluding hydrogens is 323 g/mol. The highest BCUT2D eigenvalue weighted by Gasteiger charge is 2.39. The van der Waals surface area contributed by atoms with E-state index in [-0.39, 0.29) is 10.4 Å². The molecule has 1 nitrogen and oxygen atoms in total. The van der Waals surface area contributed by atoms with Crippen molar-refractivity contribution < 1.29 is 4.74 Å². The van der Waals surface area contributed by atoms with E-state index in [2.05, 4.69) is 15.9 Å². The fraction of sp³-hybridized carbons (Fsp3) is 0.538. The number of rotatable bonds is 4. The molecule has 1 atom stereocenters. The first kappa shape index (κ1) is 13.7. The van der Waals surface area contributed by atoms with E-state index in [1.54, 1.807) is 13.2 Å². The van der Waals surface area contributed by atoms with Crippen LogP contribution in [0.5, 0.6) is 0 Å². The second-order valence-electron chi connectivity index (χ2n) is 4.58. The van der Waals surface area contributed by atoms with Gasteiger partial charge in [0.15, 0.2) is 0 Å². The first-order valence-electron chi connectivity index (χ1n) is 5.70. The van der Waals surface area contributed by atoms with Gasteiger partial charge in [-0.2, -0.15) is 0 Å². The molecule has 1 aliphatic carbocycles. The molecule has 1 aliphatic rings. The van der Waals surface area contributed by atoms with E-state index in [4.69, 9.17) is 27.9 Å². The number of alkyl halides is 1. The second-order valence-corrected chi connectivity index (χ2v) is 6.53. The Bertz CT molecular complexity index is 399. The van der Waals surface area contributed by atoms with Crippen molar-refractivity contribution in [1.82, 2.24) is 0 Å². The minimum Gasteiger partial charge on any atom is -0.378 e. The third-order valence-electron chi connectivity index (χ3n) is 3.55. The molecule has 1 aromatic carbocycles. The van der Waals surface area contributed by atoms with Gasteiger partial charge in [-0.1, -0.05) is 45.2 Å². The highest BCUT2D eigenvalue weighted by molar-refractivity contribution is 9.09. The number of hydrogen-bond acceptors (Lipinski definition) is 1. The van der Waals surface area contributed by atoms with Crippen LogP contribution >= 0.6 is 39.1 Å². The van der Waals surface area contributed by atoms with Crippen LogP contribution in [0.2, 0.25) is 10.0 Å². The van der Waals surface area contributed by atoms with Crippen molar-refractivity contribution in [3.63, 3.8) is 0 Å². The van der Waals surface area contributed by atoms with Gasteiger partial charge in [-0.3, -0.25) is 0 Å². The molecule has 0 spiro atoms. The lowest BCUT2D eigenvalue weighted by atomic mass is 9.76. The van der Waals surface area contributed by atoms with Crippen molar-refractivity contribution in [3.8, 4) is 0 Å². The minimum atomic E-state index is 0.0388. The maximum absolute atomic E-state index is 6.20. The summed E-state index contributed by atoms with van der Waals surface area (Å²) in [6.45, 7) is 0. The average Bonchev–Trinajstić information content (AvgIpc) is 2.23. The molecule has 1 fully saturated rings. The molecule has 0 aromatic heterocycles. The fourth-order valence-corrected chi connectivity index (χ4v) is 3.92. The van der Waals surface area contributed by atoms with Crippen LogP contribution in [0.3, 0.4) is 0 Å². The van der Waals surface area contributed by atoms with Gasteiger partial charge >= 0.3 is 0 Å². The van der Waals surface area contributed by atoms with Gasteiger partial charge in [-0.05, 0) is 43.4 Å². The van der Waals surface area contributed by atoms with Gasteiger partial charge in [0.25, 0.3) is 0 Å². The Kier molecular flexibility index (Phi) is 4.40. The average molecular weight is 338 g/mol. The summed E-state index contributed by atoms with van der Waals surface area (Å²) in [6.07, 6.45) is 4.47. The molecule has 1 aromatic rings. The van der Waals surface area contributed by atoms with Crippen molar-refractivity contribution in [1.29, 1.82) is 0 Å². The molecule has 94 valence electrons. The van der Waals surface area contributed by atoms with Crippen LogP contribution < -0.4 is 0 Å². The lowest BCUT2D eigenvalue weighted by Gasteiger charge is -2.42. The fourth-order valence-electron chi connectivity index (χ4n) is 2.25. The van der Waals surface area contributed by atoms with Crippen LogP contribution in [0.15, 0.2) is 18.2 Å². The number of ether oxygens (including phenoxy) is 1. The summed E-state index contributed by atoms with van der Waals surface area (Å²) in [5.41, 5.74) is 1.12. The zero-order valence-electron chi connectivity index (χ0n) is 9.68. The quantitative estimate of drug-likeness (QED) is 0.669. The maximum Gasteiger partial charge on any atom is 0.0692 e. The van der Waals surface area contributed by atoms with E-state index in [1.807, 2.05) is 12.1 Å². The molecule has 0 heterocycles. The minimum absolute atomic E-state index is 0.0388. The summed E-state index contributed by atoms with van der Waals surface area (Å²) in [6, 6.07) is 5.64. The van der Waals surface area contributed by atoms with Crippen molar-refractivity contribution >= 4 is 39.1 Å². The summed E-state index contributed by atoms with van der Waals surface area (Å²) >= 11 is 15.8. The molecule has 0 radical (unpaired) electrons. The number of halogens is 3. The number of benzene rings is 1. The van der Waals surface area contributed by atoms with Crippen LogP contribution in [-0.2, 0) is 4.74 Å². The molecule has 4 heteroatoms. The van der Waals surface area contributed by atoms with E-state index >= 15 is 0 Å². The van der Waals surface area contributed by atoms with E-state index in [0.717, 1.165) is 24.8 Å². The molecule has 1 unspecified atom stereocenters. The Morgan fingerprint density at radius 2 is 2.12 bits per heavy atom. The van der Waals surface area contributed by atoms with Gasteiger partial charge in [0.1, 0.15) is 0 Å². The molecule has 0 amide bonds. The highest BCUT2D eigenvalue weighted by atomic mass is 79.9. The molecule has 0 aliphatic heterocycles. The van der Waals surface area contributed by atoms with Crippen LogP contribution in [-0.4, -0.2) is 12.7 Å². The van der Waals surface area contributed by atoms with Gasteiger partial charge in [0, 0.05) is 22.0 Å². The Morgan fingerprint density at radius 1 is 1.41 bits per heavy atom. The molecular formula is C13H15BrCl2O. The molecule has 0 bridgehead atoms. The number of hydrogen-bond donors (Lipinski definition) is 0. The summed E-state index contributed by atoms with van der Waals surface area (Å²) in [4.78, 5) is 0.215. The molecule has 1 saturated carbocycles. The van der Waals surface area contributed by atoms with Crippen molar-refractivity contribution in [2.45, 2.75) is 36.1 Å². The molecule has 17 heavy (non-hydrogen) atoms. The summed E-state index contributed by atoms with van der Waals surface area (Å²) in [7, 11) is 1.79. The highest BCUT2D eigenvalue weighted by Crippen LogP contribution is 2.45. The van der Waals surface area contributed by atoms with Crippen LogP contribution in [0.25, 0.3) is 0 Å². The van der Waals surface area contributed by atoms with E-state index in [0.29, 0.717) is 10.0 Å². The normalized spacial score (nSPS) is 19.8. The number of methoxy groups -OCH3 is 1. The van der Waals surface area contributed by atoms with Gasteiger partial charge < -0.3 is 4.74 Å². The molecule has 0 saturated heterocycles. The van der Waals surface area contributed by atoms with Crippen LogP contribution in [0, 0.1) is 0 Å². The smallest absolute Gasteiger partial charge is 0.0692 e.